The summed E-state index contributed by atoms with van der Waals surface area (Å²) in [6.07, 6.45) is 0. The lowest BCUT2D eigenvalue weighted by Crippen LogP contribution is -3.19. The molecule has 174 valence electrons. The average Bonchev–Trinajstić information content (AvgIpc) is 3.17. The maximum atomic E-state index is 13.2. The van der Waals surface area contributed by atoms with E-state index < -0.39 is 5.97 Å². The van der Waals surface area contributed by atoms with Crippen LogP contribution in [0.5, 0.6) is 0 Å². The zero-order valence-corrected chi connectivity index (χ0v) is 21.0. The van der Waals surface area contributed by atoms with E-state index in [0.29, 0.717) is 5.69 Å². The Hall–Kier alpha value is -2.84. The van der Waals surface area contributed by atoms with Gasteiger partial charge in [-0.05, 0) is 56.2 Å². The van der Waals surface area contributed by atoms with Gasteiger partial charge in [0.1, 0.15) is 5.69 Å². The van der Waals surface area contributed by atoms with Crippen LogP contribution in [0.1, 0.15) is 28.5 Å². The van der Waals surface area contributed by atoms with Crippen LogP contribution >= 0.6 is 15.9 Å². The zero-order chi connectivity index (χ0) is 23.7. The van der Waals surface area contributed by atoms with Crippen LogP contribution < -0.4 is 15.1 Å². The number of carbonyl (C=O) groups excluding carboxylic acids is 2. The number of hydrogen-bond acceptors (Lipinski definition) is 4. The number of nitrogens with one attached hydrogen (secondary N) is 3. The number of H-pyrrole nitrogens is 1. The second-order valence-corrected chi connectivity index (χ2v) is 9.55. The highest BCUT2D eigenvalue weighted by atomic mass is 79.9. The molecule has 1 aromatic heterocycles. The summed E-state index contributed by atoms with van der Waals surface area (Å²) in [5.41, 5.74) is 5.35. The summed E-state index contributed by atoms with van der Waals surface area (Å²) in [6.45, 7) is 9.77. The van der Waals surface area contributed by atoms with Gasteiger partial charge in [0, 0.05) is 21.1 Å². The normalized spacial score (nSPS) is 15.5. The smallest absolute Gasteiger partial charge is 0.356 e. The van der Waals surface area contributed by atoms with Crippen LogP contribution in [-0.4, -0.2) is 56.2 Å². The second-order valence-electron chi connectivity index (χ2n) is 8.63. The molecule has 1 fully saturated rings. The number of fused-ring (bicyclic) bond motifs is 1. The van der Waals surface area contributed by atoms with E-state index in [-0.39, 0.29) is 17.6 Å². The number of quaternary nitrogens is 1. The maximum Gasteiger partial charge on any atom is 0.356 e. The van der Waals surface area contributed by atoms with E-state index in [9.17, 15) is 9.59 Å². The van der Waals surface area contributed by atoms with E-state index in [4.69, 9.17) is 4.74 Å². The van der Waals surface area contributed by atoms with E-state index >= 15 is 0 Å². The number of methoxy groups -OCH3 is 1. The number of esters is 1. The minimum Gasteiger partial charge on any atom is -0.464 e. The number of benzene rings is 2. The van der Waals surface area contributed by atoms with E-state index in [1.54, 1.807) is 0 Å². The monoisotopic (exact) mass is 513 g/mol. The van der Waals surface area contributed by atoms with Gasteiger partial charge in [0.05, 0.1) is 39.0 Å². The summed E-state index contributed by atoms with van der Waals surface area (Å²) < 4.78 is 5.79. The Morgan fingerprint density at radius 3 is 2.61 bits per heavy atom. The lowest BCUT2D eigenvalue weighted by Gasteiger charge is -2.36. The predicted molar refractivity (Wildman–Crippen MR) is 134 cm³/mol. The number of hydrogen-bond donors (Lipinski definition) is 3. The summed E-state index contributed by atoms with van der Waals surface area (Å²) in [7, 11) is 1.33. The molecule has 33 heavy (non-hydrogen) atoms. The third-order valence-corrected chi connectivity index (χ3v) is 7.22. The number of piperazine rings is 1. The number of amides is 1. The number of ether oxygens (including phenoxy) is 1. The van der Waals surface area contributed by atoms with E-state index in [1.165, 1.54) is 28.8 Å². The predicted octanol–water partition coefficient (Wildman–Crippen LogP) is 3.07. The van der Waals surface area contributed by atoms with Crippen LogP contribution in [0, 0.1) is 13.8 Å². The van der Waals surface area contributed by atoms with Gasteiger partial charge in [-0.15, -0.1) is 0 Å². The number of aromatic amines is 1. The van der Waals surface area contributed by atoms with Gasteiger partial charge in [0.2, 0.25) is 0 Å². The Labute approximate surface area is 202 Å². The molecule has 1 aliphatic heterocycles. The number of carbonyl (C=O) groups is 2. The van der Waals surface area contributed by atoms with Gasteiger partial charge in [-0.2, -0.15) is 0 Å². The Bertz CT molecular complexity index is 1200. The van der Waals surface area contributed by atoms with Crippen LogP contribution in [0.4, 0.5) is 11.4 Å². The summed E-state index contributed by atoms with van der Waals surface area (Å²) in [6, 6.07) is 11.8. The van der Waals surface area contributed by atoms with Crippen molar-refractivity contribution in [1.29, 1.82) is 0 Å². The van der Waals surface area contributed by atoms with Crippen molar-refractivity contribution in [2.24, 2.45) is 0 Å². The van der Waals surface area contributed by atoms with Gasteiger partial charge < -0.3 is 24.8 Å². The quantitative estimate of drug-likeness (QED) is 0.458. The molecule has 1 amide bonds. The lowest BCUT2D eigenvalue weighted by molar-refractivity contribution is -0.914. The number of rotatable bonds is 5. The van der Waals surface area contributed by atoms with Gasteiger partial charge in [-0.25, -0.2) is 4.79 Å². The fraction of sp³-hybridized carbons (Fsp3) is 0.360. The van der Waals surface area contributed by atoms with Crippen LogP contribution in [0.25, 0.3) is 10.9 Å². The first kappa shape index (κ1) is 23.3. The SMILES string of the molecule is COC(=O)c1[nH]c2ccc(Br)cc2c1NC(=O)[C@H](C)[NH+]1CCN(c2cccc(C)c2C)CC1. The summed E-state index contributed by atoms with van der Waals surface area (Å²) in [4.78, 5) is 32.3. The van der Waals surface area contributed by atoms with Gasteiger partial charge in [0.25, 0.3) is 5.91 Å². The fourth-order valence-electron chi connectivity index (χ4n) is 4.51. The van der Waals surface area contributed by atoms with Crippen molar-refractivity contribution in [2.75, 3.05) is 43.5 Å². The van der Waals surface area contributed by atoms with Crippen LogP contribution in [0.15, 0.2) is 40.9 Å². The molecule has 1 atom stereocenters. The lowest BCUT2D eigenvalue weighted by atomic mass is 10.1. The molecule has 3 N–H and O–H groups in total. The van der Waals surface area contributed by atoms with E-state index in [1.807, 2.05) is 25.1 Å². The summed E-state index contributed by atoms with van der Waals surface area (Å²) in [5.74, 6) is -0.629. The van der Waals surface area contributed by atoms with Crippen LogP contribution in [-0.2, 0) is 9.53 Å². The molecule has 8 heteroatoms. The first-order valence-electron chi connectivity index (χ1n) is 11.2. The minimum absolute atomic E-state index is 0.115. The molecule has 7 nitrogen and oxygen atoms in total. The highest BCUT2D eigenvalue weighted by Gasteiger charge is 2.31. The van der Waals surface area contributed by atoms with Crippen molar-refractivity contribution in [1.82, 2.24) is 4.98 Å². The van der Waals surface area contributed by atoms with Crippen molar-refractivity contribution in [2.45, 2.75) is 26.8 Å². The standard InChI is InChI=1S/C25H29BrN4O3/c1-15-6-5-7-21(16(15)2)30-12-10-29(11-13-30)17(3)24(31)28-22-19-14-18(26)8-9-20(19)27-23(22)25(32)33-4/h5-9,14,17,27H,10-13H2,1-4H3,(H,28,31)/p+1/t17-/m0/s1. The van der Waals surface area contributed by atoms with Crippen molar-refractivity contribution < 1.29 is 19.2 Å². The molecule has 0 unspecified atom stereocenters. The number of nitrogens with zero attached hydrogens (tertiary/aromatic N) is 1. The molecule has 1 aliphatic rings. The molecular formula is C25H30BrN4O3+. The van der Waals surface area contributed by atoms with Crippen molar-refractivity contribution in [3.8, 4) is 0 Å². The molecular weight excluding hydrogens is 484 g/mol. The molecule has 0 bridgehead atoms. The zero-order valence-electron chi connectivity index (χ0n) is 19.4. The van der Waals surface area contributed by atoms with Crippen molar-refractivity contribution >= 4 is 50.1 Å². The molecule has 4 rings (SSSR count). The minimum atomic E-state index is -0.514. The van der Waals surface area contributed by atoms with Gasteiger partial charge in [-0.3, -0.25) is 4.79 Å². The number of anilines is 2. The molecule has 0 saturated carbocycles. The third kappa shape index (κ3) is 4.63. The molecule has 0 spiro atoms. The number of halogens is 1. The van der Waals surface area contributed by atoms with Crippen molar-refractivity contribution in [3.63, 3.8) is 0 Å². The van der Waals surface area contributed by atoms with Crippen LogP contribution in [0.3, 0.4) is 0 Å². The first-order chi connectivity index (χ1) is 15.8. The third-order valence-electron chi connectivity index (χ3n) is 6.73. The number of aryl methyl sites for hydroxylation is 1. The van der Waals surface area contributed by atoms with Gasteiger partial charge >= 0.3 is 5.97 Å². The van der Waals surface area contributed by atoms with E-state index in [2.05, 4.69) is 63.2 Å². The fourth-order valence-corrected chi connectivity index (χ4v) is 4.87. The Balaban J connectivity index is 1.49. The second kappa shape index (κ2) is 9.57. The van der Waals surface area contributed by atoms with Crippen LogP contribution in [0.2, 0.25) is 0 Å². The first-order valence-corrected chi connectivity index (χ1v) is 12.0. The molecule has 3 aromatic rings. The largest absolute Gasteiger partial charge is 0.464 e. The average molecular weight is 514 g/mol. The topological polar surface area (TPSA) is 78.9 Å². The van der Waals surface area contributed by atoms with Crippen molar-refractivity contribution in [3.05, 3.63) is 57.7 Å². The highest BCUT2D eigenvalue weighted by Crippen LogP contribution is 2.31. The summed E-state index contributed by atoms with van der Waals surface area (Å²) in [5, 5.41) is 3.77. The Kier molecular flexibility index (Phi) is 6.76. The van der Waals surface area contributed by atoms with Gasteiger partial charge in [-0.1, -0.05) is 28.1 Å². The van der Waals surface area contributed by atoms with Gasteiger partial charge in [0.15, 0.2) is 6.04 Å². The summed E-state index contributed by atoms with van der Waals surface area (Å²) >= 11 is 3.47. The maximum absolute atomic E-state index is 13.2. The molecule has 2 heterocycles. The number of aromatic nitrogens is 1. The molecule has 1 saturated heterocycles. The Morgan fingerprint density at radius 1 is 1.18 bits per heavy atom. The molecule has 0 radical (unpaired) electrons. The molecule has 2 aromatic carbocycles. The van der Waals surface area contributed by atoms with E-state index in [0.717, 1.165) is 41.6 Å². The molecule has 0 aliphatic carbocycles. The highest BCUT2D eigenvalue weighted by molar-refractivity contribution is 9.10. The Morgan fingerprint density at radius 2 is 1.91 bits per heavy atom.